The van der Waals surface area contributed by atoms with Gasteiger partial charge in [-0.2, -0.15) is 0 Å². The van der Waals surface area contributed by atoms with Crippen LogP contribution in [0.3, 0.4) is 0 Å². The van der Waals surface area contributed by atoms with Crippen LogP contribution in [0.15, 0.2) is 63.6 Å². The van der Waals surface area contributed by atoms with Gasteiger partial charge in [-0.3, -0.25) is 10.2 Å². The van der Waals surface area contributed by atoms with Crippen LogP contribution in [0, 0.1) is 0 Å². The van der Waals surface area contributed by atoms with Crippen molar-refractivity contribution in [3.8, 4) is 0 Å². The topological polar surface area (TPSA) is 35.6 Å². The summed E-state index contributed by atoms with van der Waals surface area (Å²) >= 11 is 6.99. The average molecular weight is 519 g/mol. The van der Waals surface area contributed by atoms with E-state index in [-0.39, 0.29) is 11.9 Å². The number of nitrogens with zero attached hydrogens (tertiary/aromatic N) is 2. The van der Waals surface area contributed by atoms with Crippen LogP contribution >= 0.6 is 31.9 Å². The van der Waals surface area contributed by atoms with E-state index in [2.05, 4.69) is 72.5 Å². The van der Waals surface area contributed by atoms with Gasteiger partial charge in [0, 0.05) is 21.9 Å². The number of halogens is 2. The van der Waals surface area contributed by atoms with E-state index in [1.165, 1.54) is 19.3 Å². The fourth-order valence-corrected chi connectivity index (χ4v) is 4.47. The normalized spacial score (nSPS) is 19.7. The fourth-order valence-electron chi connectivity index (χ4n) is 3.94. The minimum absolute atomic E-state index is 0.115. The molecule has 0 radical (unpaired) electrons. The number of hydrogen-bond donors (Lipinski definition) is 1. The van der Waals surface area contributed by atoms with E-state index < -0.39 is 0 Å². The molecule has 2 heterocycles. The third kappa shape index (κ3) is 5.11. The molecule has 1 fully saturated rings. The second-order valence-electron chi connectivity index (χ2n) is 7.61. The molecule has 2 aromatic carbocycles. The molecule has 4 nitrogen and oxygen atoms in total. The zero-order valence-electron chi connectivity index (χ0n) is 16.3. The Balaban J connectivity index is 1.53. The van der Waals surface area contributed by atoms with Gasteiger partial charge < -0.3 is 4.90 Å². The summed E-state index contributed by atoms with van der Waals surface area (Å²) in [6.45, 7) is 3.05. The van der Waals surface area contributed by atoms with Gasteiger partial charge in [0.05, 0.1) is 11.7 Å². The zero-order valence-corrected chi connectivity index (χ0v) is 19.5. The summed E-state index contributed by atoms with van der Waals surface area (Å²) in [6, 6.07) is 16.2. The Morgan fingerprint density at radius 1 is 0.931 bits per heavy atom. The van der Waals surface area contributed by atoms with Gasteiger partial charge in [0.2, 0.25) is 5.91 Å². The van der Waals surface area contributed by atoms with Gasteiger partial charge in [0.25, 0.3) is 0 Å². The Kier molecular flexibility index (Phi) is 6.73. The number of carbonyl (C=O) groups excluding carboxylic acids is 1. The number of nitrogens with one attached hydrogen (secondary N) is 1. The third-order valence-electron chi connectivity index (χ3n) is 5.57. The maximum atomic E-state index is 13.2. The van der Waals surface area contributed by atoms with Crippen molar-refractivity contribution in [1.82, 2.24) is 15.3 Å². The number of amides is 1. The SMILES string of the molecule is O=C(CCN1CCCCC1)N1NC(c2ccc(Br)cc2)=C[C@@H]1c1ccc(Br)cc1. The van der Waals surface area contributed by atoms with E-state index in [1.54, 1.807) is 5.01 Å². The van der Waals surface area contributed by atoms with Crippen LogP contribution in [0.5, 0.6) is 0 Å². The molecule has 0 aromatic heterocycles. The predicted octanol–water partition coefficient (Wildman–Crippen LogP) is 5.52. The maximum Gasteiger partial charge on any atom is 0.243 e. The van der Waals surface area contributed by atoms with E-state index in [1.807, 2.05) is 24.3 Å². The molecule has 0 bridgehead atoms. The number of hydrogen-bond acceptors (Lipinski definition) is 3. The third-order valence-corrected chi connectivity index (χ3v) is 6.63. The lowest BCUT2D eigenvalue weighted by Gasteiger charge is -2.29. The summed E-state index contributed by atoms with van der Waals surface area (Å²) in [5.74, 6) is 0.131. The van der Waals surface area contributed by atoms with Gasteiger partial charge in [-0.25, -0.2) is 5.01 Å². The van der Waals surface area contributed by atoms with Crippen LogP contribution in [0.4, 0.5) is 0 Å². The number of rotatable bonds is 5. The second kappa shape index (κ2) is 9.45. The molecular formula is C23H25Br2N3O. The van der Waals surface area contributed by atoms with Crippen molar-refractivity contribution in [2.24, 2.45) is 0 Å². The first kappa shape index (κ1) is 20.6. The fraction of sp³-hybridized carbons (Fsp3) is 0.348. The van der Waals surface area contributed by atoms with Gasteiger partial charge in [-0.05, 0) is 67.4 Å². The largest absolute Gasteiger partial charge is 0.303 e. The van der Waals surface area contributed by atoms with Crippen LogP contribution in [0.2, 0.25) is 0 Å². The van der Waals surface area contributed by atoms with Gasteiger partial charge in [0.15, 0.2) is 0 Å². The number of piperidine rings is 1. The molecule has 152 valence electrons. The molecule has 4 rings (SSSR count). The van der Waals surface area contributed by atoms with E-state index >= 15 is 0 Å². The maximum absolute atomic E-state index is 13.2. The highest BCUT2D eigenvalue weighted by Gasteiger charge is 2.30. The van der Waals surface area contributed by atoms with E-state index in [0.29, 0.717) is 6.42 Å². The molecule has 29 heavy (non-hydrogen) atoms. The summed E-state index contributed by atoms with van der Waals surface area (Å²) in [5.41, 5.74) is 6.51. The molecule has 1 N–H and O–H groups in total. The summed E-state index contributed by atoms with van der Waals surface area (Å²) in [4.78, 5) is 15.6. The Morgan fingerprint density at radius 2 is 1.55 bits per heavy atom. The highest BCUT2D eigenvalue weighted by Crippen LogP contribution is 2.32. The van der Waals surface area contributed by atoms with Crippen LogP contribution in [-0.2, 0) is 4.79 Å². The monoisotopic (exact) mass is 517 g/mol. The molecule has 1 amide bonds. The van der Waals surface area contributed by atoms with Crippen LogP contribution in [0.1, 0.15) is 42.9 Å². The zero-order chi connectivity index (χ0) is 20.2. The highest BCUT2D eigenvalue weighted by atomic mass is 79.9. The number of benzene rings is 2. The number of carbonyl (C=O) groups is 1. The van der Waals surface area contributed by atoms with Crippen LogP contribution in [0.25, 0.3) is 5.70 Å². The standard InChI is InChI=1S/C23H25Br2N3O/c24-19-8-4-17(5-9-19)21-16-22(18-6-10-20(25)11-7-18)28(26-21)23(29)12-15-27-13-2-1-3-14-27/h4-11,16,22,26H,1-3,12-15H2/t22-/m1/s1. The first-order valence-corrected chi connectivity index (χ1v) is 11.7. The average Bonchev–Trinajstić information content (AvgIpc) is 3.19. The molecular weight excluding hydrogens is 494 g/mol. The van der Waals surface area contributed by atoms with Crippen molar-refractivity contribution >= 4 is 43.5 Å². The van der Waals surface area contributed by atoms with Crippen molar-refractivity contribution in [2.75, 3.05) is 19.6 Å². The Bertz CT molecular complexity index is 874. The minimum Gasteiger partial charge on any atom is -0.303 e. The lowest BCUT2D eigenvalue weighted by Crippen LogP contribution is -2.41. The second-order valence-corrected chi connectivity index (χ2v) is 9.44. The molecule has 6 heteroatoms. The smallest absolute Gasteiger partial charge is 0.243 e. The van der Waals surface area contributed by atoms with Gasteiger partial charge >= 0.3 is 0 Å². The Morgan fingerprint density at radius 3 is 2.21 bits per heavy atom. The molecule has 0 unspecified atom stereocenters. The van der Waals surface area contributed by atoms with Crippen molar-refractivity contribution in [2.45, 2.75) is 31.7 Å². The number of likely N-dealkylation sites (tertiary alicyclic amines) is 1. The summed E-state index contributed by atoms with van der Waals surface area (Å²) < 4.78 is 2.08. The number of hydrazine groups is 1. The molecule has 0 saturated carbocycles. The first-order chi connectivity index (χ1) is 14.1. The minimum atomic E-state index is -0.115. The van der Waals surface area contributed by atoms with Gasteiger partial charge in [0.1, 0.15) is 0 Å². The van der Waals surface area contributed by atoms with E-state index in [0.717, 1.165) is 45.4 Å². The van der Waals surface area contributed by atoms with E-state index in [4.69, 9.17) is 0 Å². The van der Waals surface area contributed by atoms with Crippen molar-refractivity contribution in [3.05, 3.63) is 74.7 Å². The molecule has 2 aliphatic rings. The summed E-state index contributed by atoms with van der Waals surface area (Å²) in [5, 5.41) is 1.80. The van der Waals surface area contributed by atoms with Crippen molar-refractivity contribution < 1.29 is 4.79 Å². The molecule has 0 aliphatic carbocycles. The molecule has 2 aromatic rings. The molecule has 2 aliphatic heterocycles. The Hall–Kier alpha value is -1.63. The quantitative estimate of drug-likeness (QED) is 0.566. The Labute approximate surface area is 189 Å². The van der Waals surface area contributed by atoms with E-state index in [9.17, 15) is 4.79 Å². The van der Waals surface area contributed by atoms with Gasteiger partial charge in [-0.15, -0.1) is 0 Å². The van der Waals surface area contributed by atoms with Crippen molar-refractivity contribution in [3.63, 3.8) is 0 Å². The molecule has 1 atom stereocenters. The predicted molar refractivity (Wildman–Crippen MR) is 124 cm³/mol. The van der Waals surface area contributed by atoms with Crippen LogP contribution in [-0.4, -0.2) is 35.5 Å². The lowest BCUT2D eigenvalue weighted by atomic mass is 10.0. The highest BCUT2D eigenvalue weighted by molar-refractivity contribution is 9.10. The summed E-state index contributed by atoms with van der Waals surface area (Å²) in [6.07, 6.45) is 6.47. The van der Waals surface area contributed by atoms with Crippen molar-refractivity contribution in [1.29, 1.82) is 0 Å². The summed E-state index contributed by atoms with van der Waals surface area (Å²) in [7, 11) is 0. The van der Waals surface area contributed by atoms with Gasteiger partial charge in [-0.1, -0.05) is 62.5 Å². The molecule has 1 saturated heterocycles. The lowest BCUT2D eigenvalue weighted by molar-refractivity contribution is -0.134. The first-order valence-electron chi connectivity index (χ1n) is 10.1. The van der Waals surface area contributed by atoms with Crippen LogP contribution < -0.4 is 5.43 Å². The molecule has 0 spiro atoms.